The Morgan fingerprint density at radius 2 is 1.76 bits per heavy atom. The van der Waals surface area contributed by atoms with Gasteiger partial charge < -0.3 is 10.5 Å². The van der Waals surface area contributed by atoms with Gasteiger partial charge in [0.25, 0.3) is 0 Å². The van der Waals surface area contributed by atoms with Crippen LogP contribution in [-0.4, -0.2) is 18.7 Å². The molecule has 0 heterocycles. The summed E-state index contributed by atoms with van der Waals surface area (Å²) in [7, 11) is 1.74. The number of hydrogen-bond donors (Lipinski definition) is 1. The van der Waals surface area contributed by atoms with E-state index in [1.165, 1.54) is 5.56 Å². The summed E-state index contributed by atoms with van der Waals surface area (Å²) in [6.45, 7) is 0.833. The van der Waals surface area contributed by atoms with Crippen LogP contribution in [0.15, 0.2) is 48.5 Å². The summed E-state index contributed by atoms with van der Waals surface area (Å²) in [4.78, 5) is 0.439. The summed E-state index contributed by atoms with van der Waals surface area (Å²) in [6, 6.07) is 16.6. The third-order valence-corrected chi connectivity index (χ3v) is 3.74. The van der Waals surface area contributed by atoms with Crippen molar-refractivity contribution in [2.75, 3.05) is 13.7 Å². The molecule has 0 radical (unpaired) electrons. The molecule has 0 bridgehead atoms. The molecular formula is C18H21NOS. The van der Waals surface area contributed by atoms with Gasteiger partial charge in [-0.3, -0.25) is 0 Å². The normalized spacial score (nSPS) is 10.5. The molecule has 0 fully saturated rings. The number of nitrogens with two attached hydrogens (primary N) is 1. The average molecular weight is 299 g/mol. The van der Waals surface area contributed by atoms with Crippen molar-refractivity contribution in [3.8, 4) is 11.1 Å². The highest BCUT2D eigenvalue weighted by Crippen LogP contribution is 2.24. The van der Waals surface area contributed by atoms with Crippen molar-refractivity contribution in [3.05, 3.63) is 59.7 Å². The van der Waals surface area contributed by atoms with Gasteiger partial charge in [-0.2, -0.15) is 0 Å². The lowest BCUT2D eigenvalue weighted by Gasteiger charge is -2.09. The highest BCUT2D eigenvalue weighted by Gasteiger charge is 2.06. The smallest absolute Gasteiger partial charge is 0.104 e. The van der Waals surface area contributed by atoms with Crippen LogP contribution in [0.4, 0.5) is 0 Å². The van der Waals surface area contributed by atoms with Crippen molar-refractivity contribution in [1.29, 1.82) is 0 Å². The van der Waals surface area contributed by atoms with Gasteiger partial charge in [-0.05, 0) is 36.0 Å². The highest BCUT2D eigenvalue weighted by molar-refractivity contribution is 7.80. The lowest BCUT2D eigenvalue weighted by molar-refractivity contribution is 0.193. The molecule has 0 saturated carbocycles. The van der Waals surface area contributed by atoms with Gasteiger partial charge in [0.2, 0.25) is 0 Å². The second kappa shape index (κ2) is 7.91. The van der Waals surface area contributed by atoms with Crippen LogP contribution < -0.4 is 5.73 Å². The molecule has 2 aromatic carbocycles. The molecule has 0 aliphatic heterocycles. The second-order valence-corrected chi connectivity index (χ2v) is 5.50. The summed E-state index contributed by atoms with van der Waals surface area (Å²) in [5.74, 6) is 0. The van der Waals surface area contributed by atoms with E-state index < -0.39 is 0 Å². The van der Waals surface area contributed by atoms with Gasteiger partial charge in [0, 0.05) is 19.3 Å². The zero-order valence-corrected chi connectivity index (χ0v) is 13.2. The Balaban J connectivity index is 2.10. The van der Waals surface area contributed by atoms with Crippen LogP contribution in [0.3, 0.4) is 0 Å². The summed E-state index contributed by atoms with van der Waals surface area (Å²) < 4.78 is 5.07. The molecule has 3 heteroatoms. The minimum absolute atomic E-state index is 0.439. The van der Waals surface area contributed by atoms with Crippen molar-refractivity contribution in [3.63, 3.8) is 0 Å². The lowest BCUT2D eigenvalue weighted by atomic mass is 9.97. The summed E-state index contributed by atoms with van der Waals surface area (Å²) in [5, 5.41) is 0. The first-order valence-electron chi connectivity index (χ1n) is 7.19. The molecule has 0 aromatic heterocycles. The van der Waals surface area contributed by atoms with E-state index in [9.17, 15) is 0 Å². The minimum Gasteiger partial charge on any atom is -0.389 e. The summed E-state index contributed by atoms with van der Waals surface area (Å²) >= 11 is 5.12. The number of benzene rings is 2. The molecular weight excluding hydrogens is 278 g/mol. The molecule has 0 amide bonds. The SMILES string of the molecule is COCCCCc1ccc(-c2ccccc2C(N)=S)cc1. The van der Waals surface area contributed by atoms with E-state index in [2.05, 4.69) is 30.3 Å². The third-order valence-electron chi connectivity index (χ3n) is 3.52. The maximum absolute atomic E-state index is 5.80. The number of ether oxygens (including phenoxy) is 1. The topological polar surface area (TPSA) is 35.2 Å². The van der Waals surface area contributed by atoms with E-state index in [0.29, 0.717) is 4.99 Å². The third kappa shape index (κ3) is 4.38. The zero-order valence-electron chi connectivity index (χ0n) is 12.3. The molecule has 0 unspecified atom stereocenters. The molecule has 0 aliphatic rings. The van der Waals surface area contributed by atoms with Gasteiger partial charge in [0.05, 0.1) is 0 Å². The van der Waals surface area contributed by atoms with Crippen molar-refractivity contribution in [2.45, 2.75) is 19.3 Å². The molecule has 2 nitrogen and oxygen atoms in total. The van der Waals surface area contributed by atoms with Crippen molar-refractivity contribution >= 4 is 17.2 Å². The number of hydrogen-bond acceptors (Lipinski definition) is 2. The van der Waals surface area contributed by atoms with Crippen LogP contribution >= 0.6 is 12.2 Å². The largest absolute Gasteiger partial charge is 0.389 e. The summed E-state index contributed by atoms with van der Waals surface area (Å²) in [5.41, 5.74) is 10.3. The van der Waals surface area contributed by atoms with Crippen molar-refractivity contribution in [2.24, 2.45) is 5.73 Å². The Morgan fingerprint density at radius 3 is 2.43 bits per heavy atom. The first kappa shape index (κ1) is 15.7. The zero-order chi connectivity index (χ0) is 15.1. The van der Waals surface area contributed by atoms with Crippen LogP contribution in [-0.2, 0) is 11.2 Å². The Morgan fingerprint density at radius 1 is 1.05 bits per heavy atom. The van der Waals surface area contributed by atoms with Crippen LogP contribution in [0.1, 0.15) is 24.0 Å². The quantitative estimate of drug-likeness (QED) is 0.621. The second-order valence-electron chi connectivity index (χ2n) is 5.06. The molecule has 0 saturated heterocycles. The standard InChI is InChI=1S/C18H21NOS/c1-20-13-5-4-6-14-9-11-15(12-10-14)16-7-2-3-8-17(16)18(19)21/h2-3,7-12H,4-6,13H2,1H3,(H2,19,21). The fourth-order valence-corrected chi connectivity index (χ4v) is 2.55. The van der Waals surface area contributed by atoms with Gasteiger partial charge in [-0.1, -0.05) is 60.7 Å². The van der Waals surface area contributed by atoms with Gasteiger partial charge in [-0.15, -0.1) is 0 Å². The van der Waals surface area contributed by atoms with E-state index in [-0.39, 0.29) is 0 Å². The first-order chi connectivity index (χ1) is 10.2. The number of unbranched alkanes of at least 4 members (excludes halogenated alkanes) is 1. The van der Waals surface area contributed by atoms with Crippen molar-refractivity contribution < 1.29 is 4.74 Å². The Kier molecular flexibility index (Phi) is 5.90. The van der Waals surface area contributed by atoms with E-state index in [1.54, 1.807) is 7.11 Å². The molecule has 2 N–H and O–H groups in total. The Labute approximate surface area is 131 Å². The molecule has 21 heavy (non-hydrogen) atoms. The fraction of sp³-hybridized carbons (Fsp3) is 0.278. The first-order valence-corrected chi connectivity index (χ1v) is 7.60. The number of methoxy groups -OCH3 is 1. The predicted molar refractivity (Wildman–Crippen MR) is 92.6 cm³/mol. The maximum Gasteiger partial charge on any atom is 0.104 e. The van der Waals surface area contributed by atoms with Crippen LogP contribution in [0.2, 0.25) is 0 Å². The number of aryl methyl sites for hydroxylation is 1. The fourth-order valence-electron chi connectivity index (χ4n) is 2.38. The van der Waals surface area contributed by atoms with Gasteiger partial charge in [-0.25, -0.2) is 0 Å². The van der Waals surface area contributed by atoms with Crippen LogP contribution in [0, 0.1) is 0 Å². The summed E-state index contributed by atoms with van der Waals surface area (Å²) in [6.07, 6.45) is 3.33. The molecule has 0 aliphatic carbocycles. The maximum atomic E-state index is 5.80. The Bertz CT molecular complexity index is 592. The number of rotatable bonds is 7. The average Bonchev–Trinajstić information content (AvgIpc) is 2.52. The predicted octanol–water partition coefficient (Wildman–Crippen LogP) is 3.96. The molecule has 110 valence electrons. The monoisotopic (exact) mass is 299 g/mol. The molecule has 2 aromatic rings. The van der Waals surface area contributed by atoms with E-state index in [1.807, 2.05) is 18.2 Å². The van der Waals surface area contributed by atoms with Crippen molar-refractivity contribution in [1.82, 2.24) is 0 Å². The van der Waals surface area contributed by atoms with Crippen LogP contribution in [0.25, 0.3) is 11.1 Å². The Hall–Kier alpha value is -1.71. The molecule has 2 rings (SSSR count). The van der Waals surface area contributed by atoms with Gasteiger partial charge in [0.1, 0.15) is 4.99 Å². The minimum atomic E-state index is 0.439. The van der Waals surface area contributed by atoms with Crippen LogP contribution in [0.5, 0.6) is 0 Å². The molecule has 0 spiro atoms. The lowest BCUT2D eigenvalue weighted by Crippen LogP contribution is -2.10. The molecule has 0 atom stereocenters. The highest BCUT2D eigenvalue weighted by atomic mass is 32.1. The van der Waals surface area contributed by atoms with Gasteiger partial charge in [0.15, 0.2) is 0 Å². The van der Waals surface area contributed by atoms with E-state index >= 15 is 0 Å². The van der Waals surface area contributed by atoms with E-state index in [4.69, 9.17) is 22.7 Å². The van der Waals surface area contributed by atoms with E-state index in [0.717, 1.165) is 42.6 Å². The number of thiocarbonyl (C=S) groups is 1. The van der Waals surface area contributed by atoms with Gasteiger partial charge >= 0.3 is 0 Å².